The van der Waals surface area contributed by atoms with Gasteiger partial charge >= 0.3 is 0 Å². The lowest BCUT2D eigenvalue weighted by atomic mass is 10.1. The monoisotopic (exact) mass is 205 g/mol. The van der Waals surface area contributed by atoms with Gasteiger partial charge in [0.25, 0.3) is 5.95 Å². The van der Waals surface area contributed by atoms with Crippen LogP contribution in [0.5, 0.6) is 0 Å². The zero-order chi connectivity index (χ0) is 11.0. The highest BCUT2D eigenvalue weighted by molar-refractivity contribution is 5.94. The number of aromatic nitrogens is 3. The summed E-state index contributed by atoms with van der Waals surface area (Å²) < 4.78 is 1.42. The Bertz CT molecular complexity index is 424. The summed E-state index contributed by atoms with van der Waals surface area (Å²) in [4.78, 5) is 17.0. The maximum absolute atomic E-state index is 11.6. The first-order valence-electron chi connectivity index (χ1n) is 4.55. The van der Waals surface area contributed by atoms with Crippen LogP contribution in [0.1, 0.15) is 6.42 Å². The molecule has 1 aromatic heterocycles. The van der Waals surface area contributed by atoms with Gasteiger partial charge in [0, 0.05) is 25.9 Å². The van der Waals surface area contributed by atoms with E-state index in [-0.39, 0.29) is 17.8 Å². The van der Waals surface area contributed by atoms with E-state index in [1.165, 1.54) is 9.58 Å². The Hall–Kier alpha value is -2.03. The number of terminal acetylenes is 1. The average Bonchev–Trinajstić information content (AvgIpc) is 2.71. The summed E-state index contributed by atoms with van der Waals surface area (Å²) in [5.41, 5.74) is 5.53. The molecule has 78 valence electrons. The number of carbonyl (C=O) groups excluding carboxylic acids is 1. The smallest absolute Gasteiger partial charge is 0.253 e. The summed E-state index contributed by atoms with van der Waals surface area (Å²) in [7, 11) is 1.67. The van der Waals surface area contributed by atoms with Crippen LogP contribution in [0.2, 0.25) is 0 Å². The highest BCUT2D eigenvalue weighted by Crippen LogP contribution is 2.22. The second-order valence-electron chi connectivity index (χ2n) is 3.47. The number of rotatable bonds is 1. The van der Waals surface area contributed by atoms with E-state index in [4.69, 9.17) is 12.2 Å². The Morgan fingerprint density at radius 2 is 2.40 bits per heavy atom. The van der Waals surface area contributed by atoms with Crippen LogP contribution in [0.3, 0.4) is 0 Å². The zero-order valence-electron chi connectivity index (χ0n) is 8.34. The Kier molecular flexibility index (Phi) is 2.08. The summed E-state index contributed by atoms with van der Waals surface area (Å²) >= 11 is 0. The molecule has 15 heavy (non-hydrogen) atoms. The number of nitrogens with zero attached hydrogens (tertiary/aromatic N) is 4. The molecule has 0 aromatic carbocycles. The number of hydrogen-bond acceptors (Lipinski definition) is 4. The molecule has 1 aromatic rings. The van der Waals surface area contributed by atoms with Crippen LogP contribution in [0.15, 0.2) is 0 Å². The van der Waals surface area contributed by atoms with E-state index >= 15 is 0 Å². The molecule has 0 radical (unpaired) electrons. The van der Waals surface area contributed by atoms with Crippen LogP contribution < -0.4 is 10.6 Å². The standard InChI is InChI=1S/C9H11N5O/c1-3-6-4-7(15)14(5-6)9-11-8(10)13(2)12-9/h1,6H,4-5H2,2H3,(H2,10,11,12). The topological polar surface area (TPSA) is 77.0 Å². The number of anilines is 2. The molecule has 1 unspecified atom stereocenters. The normalized spacial score (nSPS) is 20.7. The first-order chi connectivity index (χ1) is 7.11. The zero-order valence-corrected chi connectivity index (χ0v) is 8.34. The fourth-order valence-corrected chi connectivity index (χ4v) is 1.51. The molecule has 0 spiro atoms. The van der Waals surface area contributed by atoms with Gasteiger partial charge in [0.15, 0.2) is 0 Å². The molecule has 0 aliphatic carbocycles. The van der Waals surface area contributed by atoms with E-state index in [0.717, 1.165) is 0 Å². The molecule has 1 aliphatic heterocycles. The molecular weight excluding hydrogens is 194 g/mol. The number of aryl methyl sites for hydroxylation is 1. The Morgan fingerprint density at radius 3 is 2.87 bits per heavy atom. The lowest BCUT2D eigenvalue weighted by Gasteiger charge is -2.09. The molecule has 6 nitrogen and oxygen atoms in total. The van der Waals surface area contributed by atoms with Crippen molar-refractivity contribution in [2.45, 2.75) is 6.42 Å². The van der Waals surface area contributed by atoms with Crippen LogP contribution in [0.25, 0.3) is 0 Å². The minimum absolute atomic E-state index is 0.0523. The fourth-order valence-electron chi connectivity index (χ4n) is 1.51. The third-order valence-corrected chi connectivity index (χ3v) is 2.39. The van der Waals surface area contributed by atoms with E-state index in [1.807, 2.05) is 0 Å². The molecule has 1 fully saturated rings. The van der Waals surface area contributed by atoms with Crippen molar-refractivity contribution in [2.24, 2.45) is 13.0 Å². The van der Waals surface area contributed by atoms with Crippen LogP contribution in [-0.4, -0.2) is 27.2 Å². The van der Waals surface area contributed by atoms with Gasteiger partial charge in [-0.3, -0.25) is 9.69 Å². The third-order valence-electron chi connectivity index (χ3n) is 2.39. The summed E-state index contributed by atoms with van der Waals surface area (Å²) in [6.45, 7) is 0.471. The summed E-state index contributed by atoms with van der Waals surface area (Å²) in [5, 5.41) is 4.03. The largest absolute Gasteiger partial charge is 0.368 e. The van der Waals surface area contributed by atoms with Gasteiger partial charge < -0.3 is 5.73 Å². The summed E-state index contributed by atoms with van der Waals surface area (Å²) in [6, 6.07) is 0. The van der Waals surface area contributed by atoms with Crippen molar-refractivity contribution >= 4 is 17.8 Å². The van der Waals surface area contributed by atoms with Gasteiger partial charge in [-0.25, -0.2) is 4.68 Å². The van der Waals surface area contributed by atoms with E-state index in [2.05, 4.69) is 16.0 Å². The van der Waals surface area contributed by atoms with E-state index in [1.54, 1.807) is 7.05 Å². The molecule has 1 amide bonds. The highest BCUT2D eigenvalue weighted by atomic mass is 16.2. The lowest BCUT2D eigenvalue weighted by Crippen LogP contribution is -2.25. The van der Waals surface area contributed by atoms with Crippen molar-refractivity contribution in [3.63, 3.8) is 0 Å². The fraction of sp³-hybridized carbons (Fsp3) is 0.444. The minimum atomic E-state index is -0.0532. The van der Waals surface area contributed by atoms with Crippen LogP contribution in [0.4, 0.5) is 11.9 Å². The summed E-state index contributed by atoms with van der Waals surface area (Å²) in [5.74, 6) is 3.06. The molecule has 2 heterocycles. The first-order valence-corrected chi connectivity index (χ1v) is 4.55. The first kappa shape index (κ1) is 9.52. The number of carbonyl (C=O) groups is 1. The molecule has 0 saturated carbocycles. The second kappa shape index (κ2) is 3.28. The lowest BCUT2D eigenvalue weighted by molar-refractivity contribution is -0.117. The molecule has 6 heteroatoms. The maximum atomic E-state index is 11.6. The maximum Gasteiger partial charge on any atom is 0.253 e. The number of amides is 1. The van der Waals surface area contributed by atoms with Gasteiger partial charge in [-0.2, -0.15) is 4.98 Å². The summed E-state index contributed by atoms with van der Waals surface area (Å²) in [6.07, 6.45) is 5.63. The molecule has 1 aliphatic rings. The number of nitrogen functional groups attached to an aromatic ring is 1. The van der Waals surface area contributed by atoms with Crippen LogP contribution in [-0.2, 0) is 11.8 Å². The predicted molar refractivity (Wildman–Crippen MR) is 54.7 cm³/mol. The van der Waals surface area contributed by atoms with Crippen molar-refractivity contribution in [3.05, 3.63) is 0 Å². The highest BCUT2D eigenvalue weighted by Gasteiger charge is 2.31. The van der Waals surface area contributed by atoms with Crippen LogP contribution >= 0.6 is 0 Å². The molecule has 1 atom stereocenters. The van der Waals surface area contributed by atoms with Crippen molar-refractivity contribution < 1.29 is 4.79 Å². The quantitative estimate of drug-likeness (QED) is 0.620. The average molecular weight is 205 g/mol. The Labute approximate surface area is 87.1 Å². The number of hydrogen-bond donors (Lipinski definition) is 1. The minimum Gasteiger partial charge on any atom is -0.368 e. The van der Waals surface area contributed by atoms with Crippen molar-refractivity contribution in [3.8, 4) is 12.3 Å². The van der Waals surface area contributed by atoms with Crippen molar-refractivity contribution in [1.82, 2.24) is 14.8 Å². The SMILES string of the molecule is C#CC1CC(=O)N(c2nc(N)n(C)n2)C1. The van der Waals surface area contributed by atoms with Gasteiger partial charge in [-0.05, 0) is 0 Å². The van der Waals surface area contributed by atoms with Gasteiger partial charge in [0.2, 0.25) is 11.9 Å². The second-order valence-corrected chi connectivity index (χ2v) is 3.47. The van der Waals surface area contributed by atoms with Crippen molar-refractivity contribution in [2.75, 3.05) is 17.2 Å². The van der Waals surface area contributed by atoms with Gasteiger partial charge in [0.1, 0.15) is 0 Å². The molecule has 0 bridgehead atoms. The molecule has 2 N–H and O–H groups in total. The molecular formula is C9H11N5O. The molecule has 1 saturated heterocycles. The third kappa shape index (κ3) is 1.52. The van der Waals surface area contributed by atoms with E-state index in [0.29, 0.717) is 18.9 Å². The van der Waals surface area contributed by atoms with Gasteiger partial charge in [0.05, 0.1) is 0 Å². The Balaban J connectivity index is 2.26. The number of nitrogens with two attached hydrogens (primary N) is 1. The molecule has 2 rings (SSSR count). The predicted octanol–water partition coefficient (Wildman–Crippen LogP) is -0.617. The van der Waals surface area contributed by atoms with Gasteiger partial charge in [-0.1, -0.05) is 0 Å². The van der Waals surface area contributed by atoms with E-state index < -0.39 is 0 Å². The Morgan fingerprint density at radius 1 is 1.67 bits per heavy atom. The van der Waals surface area contributed by atoms with Crippen LogP contribution in [0, 0.1) is 18.3 Å². The van der Waals surface area contributed by atoms with Gasteiger partial charge in [-0.15, -0.1) is 17.4 Å². The van der Waals surface area contributed by atoms with Crippen molar-refractivity contribution in [1.29, 1.82) is 0 Å². The van der Waals surface area contributed by atoms with E-state index in [9.17, 15) is 4.79 Å².